The lowest BCUT2D eigenvalue weighted by atomic mass is 10.1. The summed E-state index contributed by atoms with van der Waals surface area (Å²) in [5.74, 6) is 0. The van der Waals surface area contributed by atoms with Crippen molar-refractivity contribution in [2.75, 3.05) is 5.32 Å². The standard InChI is InChI=1S/C14H7Cl2F3N2/c15-9-4-8(14(17,18)19)5-10(6-9)21-13-3-1-2-12(16)11(13)7-20/h1-6,21H. The van der Waals surface area contributed by atoms with Crippen molar-refractivity contribution in [1.82, 2.24) is 0 Å². The minimum Gasteiger partial charge on any atom is -0.354 e. The molecule has 21 heavy (non-hydrogen) atoms. The fourth-order valence-corrected chi connectivity index (χ4v) is 2.17. The third-order valence-corrected chi connectivity index (χ3v) is 3.16. The Morgan fingerprint density at radius 1 is 1.10 bits per heavy atom. The molecule has 108 valence electrons. The molecule has 2 aromatic rings. The molecule has 0 bridgehead atoms. The number of hydrogen-bond acceptors (Lipinski definition) is 2. The highest BCUT2D eigenvalue weighted by atomic mass is 35.5. The minimum absolute atomic E-state index is 0.0622. The first-order chi connectivity index (χ1) is 9.81. The van der Waals surface area contributed by atoms with Crippen molar-refractivity contribution in [1.29, 1.82) is 5.26 Å². The molecule has 0 saturated heterocycles. The number of nitrogens with zero attached hydrogens (tertiary/aromatic N) is 1. The molecular weight excluding hydrogens is 324 g/mol. The van der Waals surface area contributed by atoms with Crippen LogP contribution in [0.1, 0.15) is 11.1 Å². The lowest BCUT2D eigenvalue weighted by Crippen LogP contribution is -2.05. The quantitative estimate of drug-likeness (QED) is 0.774. The second kappa shape index (κ2) is 5.84. The maximum Gasteiger partial charge on any atom is 0.416 e. The van der Waals surface area contributed by atoms with Gasteiger partial charge in [-0.15, -0.1) is 0 Å². The van der Waals surface area contributed by atoms with Gasteiger partial charge in [0.1, 0.15) is 6.07 Å². The summed E-state index contributed by atoms with van der Waals surface area (Å²) in [5, 5.41) is 11.9. The van der Waals surface area contributed by atoms with Gasteiger partial charge in [-0.25, -0.2) is 0 Å². The van der Waals surface area contributed by atoms with E-state index >= 15 is 0 Å². The van der Waals surface area contributed by atoms with Crippen molar-refractivity contribution >= 4 is 34.6 Å². The highest BCUT2D eigenvalue weighted by molar-refractivity contribution is 6.32. The van der Waals surface area contributed by atoms with Crippen molar-refractivity contribution in [3.8, 4) is 6.07 Å². The van der Waals surface area contributed by atoms with Crippen LogP contribution in [0, 0.1) is 11.3 Å². The lowest BCUT2D eigenvalue weighted by molar-refractivity contribution is -0.137. The molecule has 2 aromatic carbocycles. The molecule has 0 aliphatic heterocycles. The number of halogens is 5. The normalized spacial score (nSPS) is 11.0. The molecule has 0 heterocycles. The van der Waals surface area contributed by atoms with Gasteiger partial charge in [-0.1, -0.05) is 29.3 Å². The molecule has 7 heteroatoms. The molecule has 0 aliphatic carbocycles. The molecule has 0 unspecified atom stereocenters. The third-order valence-electron chi connectivity index (χ3n) is 2.63. The van der Waals surface area contributed by atoms with E-state index in [0.29, 0.717) is 5.69 Å². The predicted molar refractivity (Wildman–Crippen MR) is 75.9 cm³/mol. The number of benzene rings is 2. The van der Waals surface area contributed by atoms with E-state index in [9.17, 15) is 13.2 Å². The number of hydrogen-bond donors (Lipinski definition) is 1. The monoisotopic (exact) mass is 330 g/mol. The SMILES string of the molecule is N#Cc1c(Cl)cccc1Nc1cc(Cl)cc(C(F)(F)F)c1. The van der Waals surface area contributed by atoms with E-state index in [1.165, 1.54) is 12.1 Å². The van der Waals surface area contributed by atoms with E-state index in [0.717, 1.165) is 12.1 Å². The highest BCUT2D eigenvalue weighted by Gasteiger charge is 2.31. The van der Waals surface area contributed by atoms with Crippen molar-refractivity contribution in [3.05, 3.63) is 57.6 Å². The summed E-state index contributed by atoms with van der Waals surface area (Å²) in [7, 11) is 0. The van der Waals surface area contributed by atoms with Crippen LogP contribution in [-0.4, -0.2) is 0 Å². The summed E-state index contributed by atoms with van der Waals surface area (Å²) in [6, 6.07) is 9.61. The van der Waals surface area contributed by atoms with Gasteiger partial charge in [0.15, 0.2) is 0 Å². The van der Waals surface area contributed by atoms with Crippen LogP contribution in [-0.2, 0) is 6.18 Å². The Kier molecular flexibility index (Phi) is 4.31. The van der Waals surface area contributed by atoms with Gasteiger partial charge in [-0.05, 0) is 30.3 Å². The summed E-state index contributed by atoms with van der Waals surface area (Å²) in [6.45, 7) is 0. The second-order valence-electron chi connectivity index (χ2n) is 4.13. The fourth-order valence-electron chi connectivity index (χ4n) is 1.72. The molecule has 2 nitrogen and oxygen atoms in total. The zero-order chi connectivity index (χ0) is 15.6. The molecule has 0 saturated carbocycles. The summed E-state index contributed by atoms with van der Waals surface area (Å²) in [5.41, 5.74) is -0.306. The van der Waals surface area contributed by atoms with Gasteiger partial charge >= 0.3 is 6.18 Å². The van der Waals surface area contributed by atoms with Crippen molar-refractivity contribution < 1.29 is 13.2 Å². The Balaban J connectivity index is 2.44. The number of nitrogens with one attached hydrogen (secondary N) is 1. The first kappa shape index (κ1) is 15.5. The first-order valence-corrected chi connectivity index (χ1v) is 6.40. The molecular formula is C14H7Cl2F3N2. The van der Waals surface area contributed by atoms with Gasteiger partial charge in [0.25, 0.3) is 0 Å². The molecule has 1 N–H and O–H groups in total. The maximum absolute atomic E-state index is 12.7. The van der Waals surface area contributed by atoms with Crippen molar-refractivity contribution in [3.63, 3.8) is 0 Å². The van der Waals surface area contributed by atoms with E-state index in [4.69, 9.17) is 28.5 Å². The zero-order valence-electron chi connectivity index (χ0n) is 10.3. The Labute approximate surface area is 128 Å². The third kappa shape index (κ3) is 3.60. The smallest absolute Gasteiger partial charge is 0.354 e. The number of rotatable bonds is 2. The van der Waals surface area contributed by atoms with Crippen LogP contribution in [0.5, 0.6) is 0 Å². The van der Waals surface area contributed by atoms with E-state index < -0.39 is 11.7 Å². The highest BCUT2D eigenvalue weighted by Crippen LogP contribution is 2.35. The van der Waals surface area contributed by atoms with Crippen LogP contribution in [0.4, 0.5) is 24.5 Å². The maximum atomic E-state index is 12.7. The average molecular weight is 331 g/mol. The summed E-state index contributed by atoms with van der Waals surface area (Å²) in [4.78, 5) is 0. The van der Waals surface area contributed by atoms with Crippen LogP contribution in [0.25, 0.3) is 0 Å². The largest absolute Gasteiger partial charge is 0.416 e. The number of anilines is 2. The van der Waals surface area contributed by atoms with Gasteiger partial charge in [0, 0.05) is 10.7 Å². The first-order valence-electron chi connectivity index (χ1n) is 5.64. The van der Waals surface area contributed by atoms with Gasteiger partial charge < -0.3 is 5.32 Å². The van der Waals surface area contributed by atoms with E-state index in [-0.39, 0.29) is 21.3 Å². The van der Waals surface area contributed by atoms with Gasteiger partial charge in [0.2, 0.25) is 0 Å². The second-order valence-corrected chi connectivity index (χ2v) is 4.97. The lowest BCUT2D eigenvalue weighted by Gasteiger charge is -2.13. The number of alkyl halides is 3. The summed E-state index contributed by atoms with van der Waals surface area (Å²) < 4.78 is 38.2. The van der Waals surface area contributed by atoms with Gasteiger partial charge in [0.05, 0.1) is 21.8 Å². The van der Waals surface area contributed by atoms with Crippen LogP contribution in [0.3, 0.4) is 0 Å². The summed E-state index contributed by atoms with van der Waals surface area (Å²) >= 11 is 11.6. The van der Waals surface area contributed by atoms with Crippen molar-refractivity contribution in [2.24, 2.45) is 0 Å². The zero-order valence-corrected chi connectivity index (χ0v) is 11.8. The van der Waals surface area contributed by atoms with Crippen LogP contribution in [0.2, 0.25) is 10.0 Å². The van der Waals surface area contributed by atoms with E-state index in [2.05, 4.69) is 5.32 Å². The number of nitriles is 1. The molecule has 0 radical (unpaired) electrons. The Bertz CT molecular complexity index is 721. The van der Waals surface area contributed by atoms with Crippen LogP contribution in [0.15, 0.2) is 36.4 Å². The van der Waals surface area contributed by atoms with Gasteiger partial charge in [-0.2, -0.15) is 18.4 Å². The molecule has 0 atom stereocenters. The Hall–Kier alpha value is -1.90. The molecule has 0 fully saturated rings. The fraction of sp³-hybridized carbons (Fsp3) is 0.0714. The average Bonchev–Trinajstić information content (AvgIpc) is 2.37. The topological polar surface area (TPSA) is 35.8 Å². The minimum atomic E-state index is -4.51. The van der Waals surface area contributed by atoms with Crippen LogP contribution < -0.4 is 5.32 Å². The van der Waals surface area contributed by atoms with Gasteiger partial charge in [-0.3, -0.25) is 0 Å². The molecule has 0 spiro atoms. The Morgan fingerprint density at radius 3 is 2.43 bits per heavy atom. The molecule has 2 rings (SSSR count). The van der Waals surface area contributed by atoms with E-state index in [1.807, 2.05) is 6.07 Å². The molecule has 0 aromatic heterocycles. The summed E-state index contributed by atoms with van der Waals surface area (Å²) in [6.07, 6.45) is -4.51. The Morgan fingerprint density at radius 2 is 1.81 bits per heavy atom. The van der Waals surface area contributed by atoms with Crippen molar-refractivity contribution in [2.45, 2.75) is 6.18 Å². The van der Waals surface area contributed by atoms with Crippen LogP contribution >= 0.6 is 23.2 Å². The molecule has 0 amide bonds. The van der Waals surface area contributed by atoms with E-state index in [1.54, 1.807) is 12.1 Å². The molecule has 0 aliphatic rings. The predicted octanol–water partition coefficient (Wildman–Crippen LogP) is 5.63.